The fraction of sp³-hybridized carbons (Fsp3) is 0.350. The van der Waals surface area contributed by atoms with Crippen molar-refractivity contribution in [3.63, 3.8) is 0 Å². The van der Waals surface area contributed by atoms with Crippen molar-refractivity contribution >= 4 is 5.91 Å². The van der Waals surface area contributed by atoms with Gasteiger partial charge in [0, 0.05) is 12.6 Å². The average molecular weight is 325 g/mol. The SMILES string of the molecule is CC(C)c1ccc(C(N)CNC(=O)C(C)(N)c2ccccc2)cc1. The number of hydrogen-bond donors (Lipinski definition) is 3. The lowest BCUT2D eigenvalue weighted by Gasteiger charge is -2.25. The molecule has 0 fully saturated rings. The van der Waals surface area contributed by atoms with Gasteiger partial charge in [0.05, 0.1) is 0 Å². The molecule has 1 amide bonds. The minimum atomic E-state index is -1.08. The molecule has 0 saturated heterocycles. The Morgan fingerprint density at radius 2 is 1.58 bits per heavy atom. The van der Waals surface area contributed by atoms with E-state index < -0.39 is 5.54 Å². The number of carbonyl (C=O) groups is 1. The lowest BCUT2D eigenvalue weighted by molar-refractivity contribution is -0.126. The first-order chi connectivity index (χ1) is 11.3. The maximum Gasteiger partial charge on any atom is 0.244 e. The van der Waals surface area contributed by atoms with Crippen LogP contribution in [-0.2, 0) is 10.3 Å². The smallest absolute Gasteiger partial charge is 0.244 e. The van der Waals surface area contributed by atoms with E-state index in [1.807, 2.05) is 42.5 Å². The maximum atomic E-state index is 12.5. The fourth-order valence-electron chi connectivity index (χ4n) is 2.55. The zero-order valence-electron chi connectivity index (χ0n) is 14.6. The van der Waals surface area contributed by atoms with E-state index in [4.69, 9.17) is 11.5 Å². The zero-order chi connectivity index (χ0) is 17.7. The van der Waals surface area contributed by atoms with Crippen molar-refractivity contribution in [1.82, 2.24) is 5.32 Å². The normalized spacial score (nSPS) is 14.9. The number of nitrogens with two attached hydrogens (primary N) is 2. The highest BCUT2D eigenvalue weighted by Gasteiger charge is 2.30. The molecule has 2 unspecified atom stereocenters. The molecule has 0 spiro atoms. The highest BCUT2D eigenvalue weighted by atomic mass is 16.2. The van der Waals surface area contributed by atoms with Gasteiger partial charge in [-0.1, -0.05) is 68.4 Å². The quantitative estimate of drug-likeness (QED) is 0.764. The minimum Gasteiger partial charge on any atom is -0.352 e. The second-order valence-corrected chi connectivity index (χ2v) is 6.71. The molecule has 0 aliphatic heterocycles. The van der Waals surface area contributed by atoms with Crippen molar-refractivity contribution in [2.75, 3.05) is 6.54 Å². The monoisotopic (exact) mass is 325 g/mol. The molecule has 128 valence electrons. The van der Waals surface area contributed by atoms with Gasteiger partial charge in [0.1, 0.15) is 5.54 Å². The van der Waals surface area contributed by atoms with E-state index in [2.05, 4.69) is 31.3 Å². The summed E-state index contributed by atoms with van der Waals surface area (Å²) in [6.07, 6.45) is 0. The zero-order valence-corrected chi connectivity index (χ0v) is 14.6. The van der Waals surface area contributed by atoms with E-state index in [1.54, 1.807) is 6.92 Å². The summed E-state index contributed by atoms with van der Waals surface area (Å²) in [5.74, 6) is 0.252. The molecule has 4 heteroatoms. The maximum absolute atomic E-state index is 12.5. The third-order valence-corrected chi connectivity index (χ3v) is 4.36. The van der Waals surface area contributed by atoms with Gasteiger partial charge in [0.25, 0.3) is 0 Å². The predicted molar refractivity (Wildman–Crippen MR) is 98.5 cm³/mol. The number of carbonyl (C=O) groups excluding carboxylic acids is 1. The van der Waals surface area contributed by atoms with Crippen LogP contribution in [0.4, 0.5) is 0 Å². The van der Waals surface area contributed by atoms with Crippen LogP contribution in [0, 0.1) is 0 Å². The molecule has 0 saturated carbocycles. The molecular formula is C20H27N3O. The highest BCUT2D eigenvalue weighted by Crippen LogP contribution is 2.19. The Bertz CT molecular complexity index is 663. The summed E-state index contributed by atoms with van der Waals surface area (Å²) in [7, 11) is 0. The van der Waals surface area contributed by atoms with Gasteiger partial charge in [-0.25, -0.2) is 0 Å². The van der Waals surface area contributed by atoms with Crippen molar-refractivity contribution in [1.29, 1.82) is 0 Å². The summed E-state index contributed by atoms with van der Waals surface area (Å²) >= 11 is 0. The van der Waals surface area contributed by atoms with Gasteiger partial charge < -0.3 is 16.8 Å². The van der Waals surface area contributed by atoms with E-state index in [0.29, 0.717) is 12.5 Å². The Morgan fingerprint density at radius 3 is 2.12 bits per heavy atom. The third-order valence-electron chi connectivity index (χ3n) is 4.36. The molecule has 24 heavy (non-hydrogen) atoms. The topological polar surface area (TPSA) is 81.1 Å². The largest absolute Gasteiger partial charge is 0.352 e. The van der Waals surface area contributed by atoms with Crippen LogP contribution in [-0.4, -0.2) is 12.5 Å². The number of benzene rings is 2. The Labute approximate surface area is 144 Å². The van der Waals surface area contributed by atoms with Crippen LogP contribution in [0.15, 0.2) is 54.6 Å². The summed E-state index contributed by atoms with van der Waals surface area (Å²) in [6.45, 7) is 6.36. The van der Waals surface area contributed by atoms with E-state index in [-0.39, 0.29) is 11.9 Å². The van der Waals surface area contributed by atoms with E-state index >= 15 is 0 Å². The molecule has 0 aromatic heterocycles. The van der Waals surface area contributed by atoms with Gasteiger partial charge in [-0.05, 0) is 29.5 Å². The molecule has 0 heterocycles. The highest BCUT2D eigenvalue weighted by molar-refractivity contribution is 5.87. The summed E-state index contributed by atoms with van der Waals surface area (Å²) < 4.78 is 0. The van der Waals surface area contributed by atoms with Crippen LogP contribution in [0.25, 0.3) is 0 Å². The van der Waals surface area contributed by atoms with Crippen molar-refractivity contribution < 1.29 is 4.79 Å². The molecule has 2 rings (SSSR count). The summed E-state index contributed by atoms with van der Waals surface area (Å²) in [5.41, 5.74) is 14.4. The van der Waals surface area contributed by atoms with Crippen LogP contribution < -0.4 is 16.8 Å². The summed E-state index contributed by atoms with van der Waals surface area (Å²) in [6, 6.07) is 17.3. The molecule has 0 aliphatic carbocycles. The molecule has 5 N–H and O–H groups in total. The van der Waals surface area contributed by atoms with Gasteiger partial charge in [0.2, 0.25) is 5.91 Å². The van der Waals surface area contributed by atoms with Crippen molar-refractivity contribution in [2.24, 2.45) is 11.5 Å². The van der Waals surface area contributed by atoms with Crippen LogP contribution >= 0.6 is 0 Å². The molecule has 4 nitrogen and oxygen atoms in total. The van der Waals surface area contributed by atoms with Crippen LogP contribution in [0.2, 0.25) is 0 Å². The second kappa shape index (κ2) is 7.60. The summed E-state index contributed by atoms with van der Waals surface area (Å²) in [4.78, 5) is 12.5. The molecule has 0 aliphatic rings. The fourth-order valence-corrected chi connectivity index (χ4v) is 2.55. The van der Waals surface area contributed by atoms with Crippen molar-refractivity contribution in [3.05, 3.63) is 71.3 Å². The third kappa shape index (κ3) is 4.22. The lowest BCUT2D eigenvalue weighted by atomic mass is 9.92. The van der Waals surface area contributed by atoms with Gasteiger partial charge in [0.15, 0.2) is 0 Å². The van der Waals surface area contributed by atoms with Crippen LogP contribution in [0.5, 0.6) is 0 Å². The van der Waals surface area contributed by atoms with Crippen molar-refractivity contribution in [2.45, 2.75) is 38.3 Å². The Hall–Kier alpha value is -2.17. The molecule has 2 aromatic carbocycles. The van der Waals surface area contributed by atoms with Crippen molar-refractivity contribution in [3.8, 4) is 0 Å². The lowest BCUT2D eigenvalue weighted by Crippen LogP contribution is -2.50. The van der Waals surface area contributed by atoms with Gasteiger partial charge >= 0.3 is 0 Å². The average Bonchev–Trinajstić information content (AvgIpc) is 2.60. The van der Waals surface area contributed by atoms with Gasteiger partial charge in [-0.15, -0.1) is 0 Å². The second-order valence-electron chi connectivity index (χ2n) is 6.71. The minimum absolute atomic E-state index is 0.233. The molecule has 2 aromatic rings. The number of amides is 1. The number of nitrogens with one attached hydrogen (secondary N) is 1. The standard InChI is InChI=1S/C20H27N3O/c1-14(2)15-9-11-16(12-10-15)18(21)13-23-19(24)20(3,22)17-7-5-4-6-8-17/h4-12,14,18H,13,21-22H2,1-3H3,(H,23,24). The molecule has 0 radical (unpaired) electrons. The van der Waals surface area contributed by atoms with E-state index in [1.165, 1.54) is 5.56 Å². The van der Waals surface area contributed by atoms with Crippen LogP contribution in [0.1, 0.15) is 49.4 Å². The summed E-state index contributed by atoms with van der Waals surface area (Å²) in [5, 5.41) is 2.87. The van der Waals surface area contributed by atoms with E-state index in [9.17, 15) is 4.79 Å². The first-order valence-electron chi connectivity index (χ1n) is 8.30. The molecule has 2 atom stereocenters. The Morgan fingerprint density at radius 1 is 1.04 bits per heavy atom. The predicted octanol–water partition coefficient (Wildman–Crippen LogP) is 2.80. The van der Waals surface area contributed by atoms with Gasteiger partial charge in [-0.3, -0.25) is 4.79 Å². The first-order valence-corrected chi connectivity index (χ1v) is 8.30. The molecule has 0 bridgehead atoms. The Kier molecular flexibility index (Phi) is 5.75. The van der Waals surface area contributed by atoms with Gasteiger partial charge in [-0.2, -0.15) is 0 Å². The van der Waals surface area contributed by atoms with E-state index in [0.717, 1.165) is 11.1 Å². The molecular weight excluding hydrogens is 298 g/mol. The Balaban J connectivity index is 1.98. The van der Waals surface area contributed by atoms with Crippen LogP contribution in [0.3, 0.4) is 0 Å². The number of hydrogen-bond acceptors (Lipinski definition) is 3. The number of rotatable bonds is 6. The first kappa shape index (κ1) is 18.2.